The van der Waals surface area contributed by atoms with Gasteiger partial charge in [-0.05, 0) is 29.9 Å². The van der Waals surface area contributed by atoms with E-state index in [-0.39, 0.29) is 11.8 Å². The maximum Gasteiger partial charge on any atom is 0.227 e. The van der Waals surface area contributed by atoms with E-state index in [2.05, 4.69) is 5.32 Å². The summed E-state index contributed by atoms with van der Waals surface area (Å²) < 4.78 is 0. The van der Waals surface area contributed by atoms with Gasteiger partial charge in [-0.1, -0.05) is 43.3 Å². The van der Waals surface area contributed by atoms with Crippen LogP contribution in [0, 0.1) is 0 Å². The Bertz CT molecular complexity index is 539. The first-order valence-electron chi connectivity index (χ1n) is 7.26. The van der Waals surface area contributed by atoms with Crippen LogP contribution >= 0.6 is 11.3 Å². The van der Waals surface area contributed by atoms with Crippen LogP contribution in [0.25, 0.3) is 0 Å². The number of thiophene rings is 1. The quantitative estimate of drug-likeness (QED) is 0.822. The Balaban J connectivity index is 1.83. The average Bonchev–Trinajstić information content (AvgIpc) is 3.03. The fourth-order valence-corrected chi connectivity index (χ4v) is 3.08. The molecule has 0 fully saturated rings. The van der Waals surface area contributed by atoms with Crippen molar-refractivity contribution in [2.75, 3.05) is 6.54 Å². The number of carbonyl (C=O) groups excluding carboxylic acids is 1. The molecule has 0 radical (unpaired) electrons. The van der Waals surface area contributed by atoms with E-state index in [9.17, 15) is 9.90 Å². The van der Waals surface area contributed by atoms with Crippen molar-refractivity contribution in [2.24, 2.45) is 0 Å². The number of hydrogen-bond donors (Lipinski definition) is 2. The van der Waals surface area contributed by atoms with E-state index in [1.165, 1.54) is 11.3 Å². The highest BCUT2D eigenvalue weighted by atomic mass is 32.1. The van der Waals surface area contributed by atoms with Gasteiger partial charge in [-0.2, -0.15) is 0 Å². The van der Waals surface area contributed by atoms with Gasteiger partial charge in [0.2, 0.25) is 5.91 Å². The maximum atomic E-state index is 12.3. The van der Waals surface area contributed by atoms with Crippen LogP contribution in [0.3, 0.4) is 0 Å². The van der Waals surface area contributed by atoms with Gasteiger partial charge < -0.3 is 10.4 Å². The van der Waals surface area contributed by atoms with Crippen molar-refractivity contribution in [1.82, 2.24) is 5.32 Å². The van der Waals surface area contributed by atoms with Crippen molar-refractivity contribution in [2.45, 2.75) is 31.8 Å². The summed E-state index contributed by atoms with van der Waals surface area (Å²) >= 11 is 1.53. The molecule has 1 aromatic carbocycles. The summed E-state index contributed by atoms with van der Waals surface area (Å²) in [7, 11) is 0. The molecular formula is C17H21NO2S. The lowest BCUT2D eigenvalue weighted by Gasteiger charge is -2.16. The number of benzene rings is 1. The number of rotatable bonds is 7. The Morgan fingerprint density at radius 1 is 1.24 bits per heavy atom. The minimum absolute atomic E-state index is 0.0297. The van der Waals surface area contributed by atoms with Crippen LogP contribution in [0.15, 0.2) is 47.8 Å². The fourth-order valence-electron chi connectivity index (χ4n) is 2.34. The third-order valence-corrected chi connectivity index (χ3v) is 4.49. The van der Waals surface area contributed by atoms with Crippen LogP contribution in [0.4, 0.5) is 0 Å². The summed E-state index contributed by atoms with van der Waals surface area (Å²) in [6.45, 7) is 2.50. The van der Waals surface area contributed by atoms with Gasteiger partial charge in [-0.15, -0.1) is 11.3 Å². The van der Waals surface area contributed by atoms with E-state index in [0.29, 0.717) is 13.0 Å². The smallest absolute Gasteiger partial charge is 0.227 e. The van der Waals surface area contributed by atoms with Gasteiger partial charge in [0.05, 0.1) is 12.0 Å². The number of nitrogens with one attached hydrogen (secondary N) is 1. The summed E-state index contributed by atoms with van der Waals surface area (Å²) in [5.41, 5.74) is 1.04. The van der Waals surface area contributed by atoms with Crippen LogP contribution in [-0.2, 0) is 4.79 Å². The Morgan fingerprint density at radius 2 is 2.00 bits per heavy atom. The Labute approximate surface area is 129 Å². The molecule has 4 heteroatoms. The van der Waals surface area contributed by atoms with E-state index < -0.39 is 6.10 Å². The molecule has 112 valence electrons. The molecule has 0 saturated carbocycles. The van der Waals surface area contributed by atoms with Crippen LogP contribution in [0.5, 0.6) is 0 Å². The molecule has 2 atom stereocenters. The molecule has 0 bridgehead atoms. The molecule has 0 saturated heterocycles. The third kappa shape index (κ3) is 4.41. The predicted octanol–water partition coefficient (Wildman–Crippen LogP) is 3.48. The predicted molar refractivity (Wildman–Crippen MR) is 86.4 cm³/mol. The lowest BCUT2D eigenvalue weighted by atomic mass is 9.95. The summed E-state index contributed by atoms with van der Waals surface area (Å²) in [5.74, 6) is -0.0906. The zero-order chi connectivity index (χ0) is 15.1. The molecule has 21 heavy (non-hydrogen) atoms. The molecule has 1 amide bonds. The lowest BCUT2D eigenvalue weighted by Crippen LogP contribution is -2.30. The fraction of sp³-hybridized carbons (Fsp3) is 0.353. The van der Waals surface area contributed by atoms with E-state index in [4.69, 9.17) is 0 Å². The zero-order valence-corrected chi connectivity index (χ0v) is 13.0. The average molecular weight is 303 g/mol. The molecule has 0 unspecified atom stereocenters. The van der Waals surface area contributed by atoms with E-state index in [1.807, 2.05) is 54.8 Å². The Kier molecular flexibility index (Phi) is 5.96. The lowest BCUT2D eigenvalue weighted by molar-refractivity contribution is -0.122. The van der Waals surface area contributed by atoms with Crippen LogP contribution in [0.2, 0.25) is 0 Å². The van der Waals surface area contributed by atoms with E-state index >= 15 is 0 Å². The SMILES string of the molecule is CC[C@H](C(=O)NCC[C@H](O)c1cccs1)c1ccccc1. The van der Waals surface area contributed by atoms with Crippen molar-refractivity contribution >= 4 is 17.2 Å². The minimum Gasteiger partial charge on any atom is -0.388 e. The molecule has 0 aliphatic rings. The first-order valence-corrected chi connectivity index (χ1v) is 8.14. The van der Waals surface area contributed by atoms with Gasteiger partial charge in [0.1, 0.15) is 0 Å². The van der Waals surface area contributed by atoms with Gasteiger partial charge in [0.15, 0.2) is 0 Å². The second-order valence-electron chi connectivity index (χ2n) is 4.98. The standard InChI is InChI=1S/C17H21NO2S/c1-2-14(13-7-4-3-5-8-13)17(20)18-11-10-15(19)16-9-6-12-21-16/h3-9,12,14-15,19H,2,10-11H2,1H3,(H,18,20)/t14-,15-/m0/s1. The summed E-state index contributed by atoms with van der Waals surface area (Å²) in [5, 5.41) is 14.9. The van der Waals surface area contributed by atoms with Crippen LogP contribution in [0.1, 0.15) is 42.2 Å². The van der Waals surface area contributed by atoms with Gasteiger partial charge in [-0.25, -0.2) is 0 Å². The topological polar surface area (TPSA) is 49.3 Å². The van der Waals surface area contributed by atoms with Crippen molar-refractivity contribution in [3.05, 3.63) is 58.3 Å². The molecule has 1 heterocycles. The second-order valence-corrected chi connectivity index (χ2v) is 5.96. The van der Waals surface area contributed by atoms with Gasteiger partial charge in [0.25, 0.3) is 0 Å². The summed E-state index contributed by atoms with van der Waals surface area (Å²) in [4.78, 5) is 13.2. The highest BCUT2D eigenvalue weighted by molar-refractivity contribution is 7.10. The van der Waals surface area contributed by atoms with Crippen molar-refractivity contribution in [3.63, 3.8) is 0 Å². The molecule has 2 aromatic rings. The number of carbonyl (C=O) groups is 1. The highest BCUT2D eigenvalue weighted by Gasteiger charge is 2.18. The molecule has 1 aromatic heterocycles. The van der Waals surface area contributed by atoms with Crippen molar-refractivity contribution in [1.29, 1.82) is 0 Å². The van der Waals surface area contributed by atoms with Crippen LogP contribution in [-0.4, -0.2) is 17.6 Å². The summed E-state index contributed by atoms with van der Waals surface area (Å²) in [6, 6.07) is 13.6. The Hall–Kier alpha value is -1.65. The van der Waals surface area contributed by atoms with Gasteiger partial charge in [0, 0.05) is 11.4 Å². The number of amides is 1. The summed E-state index contributed by atoms with van der Waals surface area (Å²) in [6.07, 6.45) is 0.808. The maximum absolute atomic E-state index is 12.3. The van der Waals surface area contributed by atoms with Crippen molar-refractivity contribution in [3.8, 4) is 0 Å². The first-order chi connectivity index (χ1) is 10.2. The third-order valence-electron chi connectivity index (χ3n) is 3.52. The first kappa shape index (κ1) is 15.7. The molecule has 2 rings (SSSR count). The minimum atomic E-state index is -0.498. The number of aliphatic hydroxyl groups is 1. The second kappa shape index (κ2) is 7.96. The molecule has 0 spiro atoms. The van der Waals surface area contributed by atoms with Crippen LogP contribution < -0.4 is 5.32 Å². The number of hydrogen-bond acceptors (Lipinski definition) is 3. The normalized spacial score (nSPS) is 13.6. The molecule has 2 N–H and O–H groups in total. The van der Waals surface area contributed by atoms with E-state index in [1.54, 1.807) is 0 Å². The molecule has 0 aliphatic heterocycles. The zero-order valence-electron chi connectivity index (χ0n) is 12.2. The van der Waals surface area contributed by atoms with Gasteiger partial charge in [-0.3, -0.25) is 4.79 Å². The monoisotopic (exact) mass is 303 g/mol. The number of aliphatic hydroxyl groups excluding tert-OH is 1. The largest absolute Gasteiger partial charge is 0.388 e. The van der Waals surface area contributed by atoms with Crippen molar-refractivity contribution < 1.29 is 9.90 Å². The molecule has 3 nitrogen and oxygen atoms in total. The Morgan fingerprint density at radius 3 is 2.62 bits per heavy atom. The molecule has 0 aliphatic carbocycles. The molecular weight excluding hydrogens is 282 g/mol. The van der Waals surface area contributed by atoms with Gasteiger partial charge >= 0.3 is 0 Å². The highest BCUT2D eigenvalue weighted by Crippen LogP contribution is 2.22. The van der Waals surface area contributed by atoms with E-state index in [0.717, 1.165) is 16.9 Å².